The van der Waals surface area contributed by atoms with Crippen molar-refractivity contribution in [2.45, 2.75) is 33.0 Å². The van der Waals surface area contributed by atoms with Gasteiger partial charge in [-0.15, -0.1) is 0 Å². The van der Waals surface area contributed by atoms with E-state index in [9.17, 15) is 0 Å². The van der Waals surface area contributed by atoms with Gasteiger partial charge in [-0.25, -0.2) is 0 Å². The molecule has 1 atom stereocenters. The summed E-state index contributed by atoms with van der Waals surface area (Å²) >= 11 is 0. The first kappa shape index (κ1) is 19.3. The van der Waals surface area contributed by atoms with Gasteiger partial charge in [-0.2, -0.15) is 0 Å². The van der Waals surface area contributed by atoms with Gasteiger partial charge in [0.1, 0.15) is 5.75 Å². The van der Waals surface area contributed by atoms with Gasteiger partial charge in [-0.1, -0.05) is 48.5 Å². The molecule has 0 bridgehead atoms. The molecule has 3 aromatic carbocycles. The smallest absolute Gasteiger partial charge is 0.119 e. The lowest BCUT2D eigenvalue weighted by Crippen LogP contribution is -2.17. The molecule has 1 heterocycles. The van der Waals surface area contributed by atoms with E-state index < -0.39 is 0 Å². The lowest BCUT2D eigenvalue weighted by Gasteiger charge is -2.14. The van der Waals surface area contributed by atoms with E-state index in [1.165, 1.54) is 33.2 Å². The van der Waals surface area contributed by atoms with Crippen LogP contribution in [0.1, 0.15) is 31.0 Å². The third kappa shape index (κ3) is 4.06. The van der Waals surface area contributed by atoms with Crippen LogP contribution in [0.5, 0.6) is 5.75 Å². The molecule has 0 saturated heterocycles. The fourth-order valence-electron chi connectivity index (χ4n) is 3.87. The van der Waals surface area contributed by atoms with Gasteiger partial charge < -0.3 is 14.6 Å². The van der Waals surface area contributed by atoms with Crippen LogP contribution < -0.4 is 10.1 Å². The molecule has 1 N–H and O–H groups in total. The molecule has 0 fully saturated rings. The average Bonchev–Trinajstić information content (AvgIpc) is 3.16. The van der Waals surface area contributed by atoms with E-state index in [2.05, 4.69) is 96.7 Å². The van der Waals surface area contributed by atoms with Gasteiger partial charge in [-0.05, 0) is 54.8 Å². The molecule has 0 aliphatic rings. The Hall–Kier alpha value is -3.04. The zero-order valence-corrected chi connectivity index (χ0v) is 17.4. The third-order valence-electron chi connectivity index (χ3n) is 5.58. The number of aromatic nitrogens is 1. The summed E-state index contributed by atoms with van der Waals surface area (Å²) < 4.78 is 7.75. The average molecular weight is 385 g/mol. The second-order valence-electron chi connectivity index (χ2n) is 7.43. The van der Waals surface area contributed by atoms with Crippen LogP contribution in [0.15, 0.2) is 79.0 Å². The molecule has 0 aliphatic heterocycles. The molecule has 0 saturated carbocycles. The summed E-state index contributed by atoms with van der Waals surface area (Å²) in [5.41, 5.74) is 6.30. The predicted octanol–water partition coefficient (Wildman–Crippen LogP) is 6.19. The summed E-state index contributed by atoms with van der Waals surface area (Å²) in [4.78, 5) is 0. The van der Waals surface area contributed by atoms with Crippen LogP contribution in [0.4, 0.5) is 0 Å². The molecular formula is C26H28N2O. The summed E-state index contributed by atoms with van der Waals surface area (Å²) in [6, 6.07) is 26.0. The molecule has 29 heavy (non-hydrogen) atoms. The fourth-order valence-corrected chi connectivity index (χ4v) is 3.87. The first-order chi connectivity index (χ1) is 14.2. The van der Waals surface area contributed by atoms with Gasteiger partial charge in [0, 0.05) is 41.8 Å². The normalized spacial score (nSPS) is 12.2. The van der Waals surface area contributed by atoms with E-state index >= 15 is 0 Å². The Kier molecular flexibility index (Phi) is 5.68. The highest BCUT2D eigenvalue weighted by atomic mass is 16.5. The number of rotatable bonds is 7. The Bertz CT molecular complexity index is 1100. The summed E-state index contributed by atoms with van der Waals surface area (Å²) in [6.45, 7) is 6.18. The standard InChI is InChI=1S/C26H28N2O/c1-4-28-18-25(22-11-8-12-23(16-22)29-3)24-15-20(13-14-26(24)28)17-27-19(2)21-9-6-5-7-10-21/h5-16,18-19,27H,4,17H2,1-3H3. The van der Waals surface area contributed by atoms with Gasteiger partial charge in [0.15, 0.2) is 0 Å². The van der Waals surface area contributed by atoms with Crippen molar-refractivity contribution < 1.29 is 4.74 Å². The quantitative estimate of drug-likeness (QED) is 0.411. The highest BCUT2D eigenvalue weighted by Crippen LogP contribution is 2.33. The van der Waals surface area contributed by atoms with Crippen LogP contribution in [-0.4, -0.2) is 11.7 Å². The number of hydrogen-bond acceptors (Lipinski definition) is 2. The number of hydrogen-bond donors (Lipinski definition) is 1. The van der Waals surface area contributed by atoms with Gasteiger partial charge in [-0.3, -0.25) is 0 Å². The second-order valence-corrected chi connectivity index (χ2v) is 7.43. The number of aryl methyl sites for hydroxylation is 1. The fraction of sp³-hybridized carbons (Fsp3) is 0.231. The minimum atomic E-state index is 0.310. The van der Waals surface area contributed by atoms with E-state index in [0.717, 1.165) is 18.8 Å². The van der Waals surface area contributed by atoms with Crippen molar-refractivity contribution in [1.29, 1.82) is 0 Å². The molecular weight excluding hydrogens is 356 g/mol. The highest BCUT2D eigenvalue weighted by molar-refractivity contribution is 5.96. The SMILES string of the molecule is CCn1cc(-c2cccc(OC)c2)c2cc(CNC(C)c3ccccc3)ccc21. The van der Waals surface area contributed by atoms with Crippen molar-refractivity contribution in [3.05, 3.63) is 90.1 Å². The lowest BCUT2D eigenvalue weighted by atomic mass is 10.0. The van der Waals surface area contributed by atoms with Crippen molar-refractivity contribution in [2.24, 2.45) is 0 Å². The zero-order chi connectivity index (χ0) is 20.2. The predicted molar refractivity (Wildman–Crippen MR) is 121 cm³/mol. The van der Waals surface area contributed by atoms with Crippen LogP contribution in [0.3, 0.4) is 0 Å². The first-order valence-corrected chi connectivity index (χ1v) is 10.2. The van der Waals surface area contributed by atoms with E-state index in [0.29, 0.717) is 6.04 Å². The van der Waals surface area contributed by atoms with Crippen LogP contribution in [0, 0.1) is 0 Å². The second kappa shape index (κ2) is 8.54. The molecule has 3 heteroatoms. The van der Waals surface area contributed by atoms with Gasteiger partial charge in [0.25, 0.3) is 0 Å². The van der Waals surface area contributed by atoms with Gasteiger partial charge >= 0.3 is 0 Å². The van der Waals surface area contributed by atoms with Crippen LogP contribution in [0.25, 0.3) is 22.0 Å². The molecule has 1 aromatic heterocycles. The highest BCUT2D eigenvalue weighted by Gasteiger charge is 2.12. The zero-order valence-electron chi connectivity index (χ0n) is 17.4. The van der Waals surface area contributed by atoms with Gasteiger partial charge in [0.05, 0.1) is 7.11 Å². The van der Waals surface area contributed by atoms with Crippen molar-refractivity contribution in [3.63, 3.8) is 0 Å². The molecule has 0 spiro atoms. The number of methoxy groups -OCH3 is 1. The van der Waals surface area contributed by atoms with Crippen LogP contribution in [-0.2, 0) is 13.1 Å². The Morgan fingerprint density at radius 2 is 1.79 bits per heavy atom. The Morgan fingerprint density at radius 1 is 0.966 bits per heavy atom. The number of ether oxygens (including phenoxy) is 1. The van der Waals surface area contributed by atoms with Gasteiger partial charge in [0.2, 0.25) is 0 Å². The Morgan fingerprint density at radius 3 is 2.55 bits per heavy atom. The Labute approximate surface area is 172 Å². The van der Waals surface area contributed by atoms with E-state index in [1.807, 2.05) is 6.07 Å². The van der Waals surface area contributed by atoms with E-state index in [4.69, 9.17) is 4.74 Å². The lowest BCUT2D eigenvalue weighted by molar-refractivity contribution is 0.415. The summed E-state index contributed by atoms with van der Waals surface area (Å²) in [5.74, 6) is 0.884. The molecule has 0 radical (unpaired) electrons. The molecule has 1 unspecified atom stereocenters. The number of nitrogens with zero attached hydrogens (tertiary/aromatic N) is 1. The minimum absolute atomic E-state index is 0.310. The minimum Gasteiger partial charge on any atom is -0.497 e. The largest absolute Gasteiger partial charge is 0.497 e. The monoisotopic (exact) mass is 384 g/mol. The summed E-state index contributed by atoms with van der Waals surface area (Å²) in [7, 11) is 1.71. The van der Waals surface area contributed by atoms with Crippen molar-refractivity contribution in [3.8, 4) is 16.9 Å². The molecule has 4 rings (SSSR count). The maximum absolute atomic E-state index is 5.44. The first-order valence-electron chi connectivity index (χ1n) is 10.2. The molecule has 3 nitrogen and oxygen atoms in total. The number of fused-ring (bicyclic) bond motifs is 1. The van der Waals surface area contributed by atoms with Crippen molar-refractivity contribution in [1.82, 2.24) is 9.88 Å². The van der Waals surface area contributed by atoms with E-state index in [1.54, 1.807) is 7.11 Å². The van der Waals surface area contributed by atoms with Crippen molar-refractivity contribution >= 4 is 10.9 Å². The maximum atomic E-state index is 5.44. The molecule has 0 amide bonds. The summed E-state index contributed by atoms with van der Waals surface area (Å²) in [6.07, 6.45) is 2.25. The topological polar surface area (TPSA) is 26.2 Å². The molecule has 0 aliphatic carbocycles. The van der Waals surface area contributed by atoms with Crippen molar-refractivity contribution in [2.75, 3.05) is 7.11 Å². The summed E-state index contributed by atoms with van der Waals surface area (Å²) in [5, 5.41) is 4.94. The molecule has 148 valence electrons. The van der Waals surface area contributed by atoms with Crippen LogP contribution in [0.2, 0.25) is 0 Å². The number of nitrogens with one attached hydrogen (secondary N) is 1. The number of benzene rings is 3. The third-order valence-corrected chi connectivity index (χ3v) is 5.58. The molecule has 4 aromatic rings. The van der Waals surface area contributed by atoms with Crippen LogP contribution >= 0.6 is 0 Å². The maximum Gasteiger partial charge on any atom is 0.119 e. The Balaban J connectivity index is 1.65. The van der Waals surface area contributed by atoms with E-state index in [-0.39, 0.29) is 0 Å².